The average Bonchev–Trinajstić information content (AvgIpc) is 2.54. The van der Waals surface area contributed by atoms with Crippen molar-refractivity contribution in [3.63, 3.8) is 0 Å². The monoisotopic (exact) mass is 620 g/mol. The second-order valence-corrected chi connectivity index (χ2v) is 9.12. The number of hydrogen-bond acceptors (Lipinski definition) is 4. The molecule has 0 spiro atoms. The third-order valence-electron chi connectivity index (χ3n) is 3.11. The van der Waals surface area contributed by atoms with Gasteiger partial charge in [-0.3, -0.25) is 18.1 Å². The van der Waals surface area contributed by atoms with Gasteiger partial charge in [0.25, 0.3) is 0 Å². The fraction of sp³-hybridized carbons (Fsp3) is 0.348. The van der Waals surface area contributed by atoms with Gasteiger partial charge in [0.05, 0.1) is 0 Å². The van der Waals surface area contributed by atoms with Crippen molar-refractivity contribution >= 4 is 13.2 Å². The van der Waals surface area contributed by atoms with E-state index in [1.165, 1.54) is 36.2 Å². The van der Waals surface area contributed by atoms with E-state index in [0.717, 1.165) is 5.56 Å². The van der Waals surface area contributed by atoms with E-state index in [1.54, 1.807) is 0 Å². The van der Waals surface area contributed by atoms with E-state index >= 15 is 0 Å². The molecule has 0 aromatic heterocycles. The summed E-state index contributed by atoms with van der Waals surface area (Å²) >= 11 is 0. The number of benzene rings is 2. The summed E-state index contributed by atoms with van der Waals surface area (Å²) in [6.45, 7) is 19.2. The van der Waals surface area contributed by atoms with Gasteiger partial charge in [-0.2, -0.15) is 18.6 Å². The maximum absolute atomic E-state index is 7.61. The van der Waals surface area contributed by atoms with E-state index < -0.39 is 12.6 Å². The number of hydrogen-bond donors (Lipinski definition) is 4. The van der Waals surface area contributed by atoms with Crippen LogP contribution in [-0.4, -0.2) is 46.3 Å². The smallest absolute Gasteiger partial charge is 0.368 e. The van der Waals surface area contributed by atoms with E-state index in [-0.39, 0.29) is 48.8 Å². The van der Waals surface area contributed by atoms with Crippen molar-refractivity contribution in [1.82, 2.24) is 0 Å². The summed E-state index contributed by atoms with van der Waals surface area (Å²) in [5, 5.41) is 31.9. The largest absolute Gasteiger partial charge is 2.00 e. The molecule has 178 valence electrons. The van der Waals surface area contributed by atoms with Crippen LogP contribution in [0.15, 0.2) is 48.5 Å². The van der Waals surface area contributed by atoms with Gasteiger partial charge in [0, 0.05) is 33.8 Å². The Balaban J connectivity index is -0.000000160. The molecule has 0 heterocycles. The fourth-order valence-electron chi connectivity index (χ4n) is 2.02. The Kier molecular flexibility index (Phi) is 27.0. The summed E-state index contributed by atoms with van der Waals surface area (Å²) in [5.74, 6) is 1.32. The van der Waals surface area contributed by atoms with E-state index in [9.17, 15) is 0 Å². The molecule has 0 radical (unpaired) electrons. The van der Waals surface area contributed by atoms with Gasteiger partial charge in [-0.1, -0.05) is 12.1 Å². The molecule has 2 rings (SSSR count). The number of aliphatic hydroxyl groups is 4. The zero-order valence-electron chi connectivity index (χ0n) is 18.6. The molecule has 0 bridgehead atoms. The van der Waals surface area contributed by atoms with Gasteiger partial charge >= 0.3 is 20.4 Å². The summed E-state index contributed by atoms with van der Waals surface area (Å²) in [7, 11) is -0.305. The summed E-state index contributed by atoms with van der Waals surface area (Å²) < 4.78 is 0. The minimum Gasteiger partial charge on any atom is -0.368 e. The van der Waals surface area contributed by atoms with Crippen molar-refractivity contribution in [3.8, 4) is 0 Å². The summed E-state index contributed by atoms with van der Waals surface area (Å²) in [4.78, 5) is 0. The van der Waals surface area contributed by atoms with Gasteiger partial charge in [0.15, 0.2) is 0 Å². The second-order valence-electron chi connectivity index (χ2n) is 6.58. The Labute approximate surface area is 212 Å². The molecule has 0 aliphatic rings. The molecular formula is C23H37O4PPd2. The van der Waals surface area contributed by atoms with Gasteiger partial charge in [0.1, 0.15) is 12.6 Å². The van der Waals surface area contributed by atoms with Crippen LogP contribution in [-0.2, 0) is 40.8 Å². The summed E-state index contributed by atoms with van der Waals surface area (Å²) in [6.07, 6.45) is -2.33. The Morgan fingerprint density at radius 1 is 0.767 bits per heavy atom. The Bertz CT molecular complexity index is 575. The van der Waals surface area contributed by atoms with Crippen LogP contribution in [0, 0.1) is 19.8 Å². The van der Waals surface area contributed by atoms with Gasteiger partial charge < -0.3 is 20.4 Å². The third kappa shape index (κ3) is 22.3. The first-order chi connectivity index (χ1) is 12.9. The van der Waals surface area contributed by atoms with Crippen LogP contribution in [0.5, 0.6) is 0 Å². The van der Waals surface area contributed by atoms with E-state index in [1.807, 2.05) is 24.3 Å². The zero-order chi connectivity index (χ0) is 22.3. The normalized spacial score (nSPS) is 8.97. The van der Waals surface area contributed by atoms with Gasteiger partial charge in [-0.05, 0) is 27.1 Å². The first kappa shape index (κ1) is 37.0. The molecule has 4 N–H and O–H groups in total. The molecule has 30 heavy (non-hydrogen) atoms. The third-order valence-corrected chi connectivity index (χ3v) is 4.68. The molecule has 2 aromatic rings. The molecule has 0 unspecified atom stereocenters. The molecule has 4 nitrogen and oxygen atoms in total. The maximum atomic E-state index is 7.61. The summed E-state index contributed by atoms with van der Waals surface area (Å²) in [5.41, 5.74) is 3.58. The van der Waals surface area contributed by atoms with Crippen molar-refractivity contribution in [2.75, 3.05) is 13.3 Å². The molecule has 0 atom stereocenters. The standard InChI is InChI=1S/C10H12.C9H12P.2C2H6O2.2Pd/c1-8(2)10-7-5-4-6-9(10)3;1-8-6-4-5-7-9(8)10(2)3;2*1-2(3)4;;/h4-7H,3H2,1-2H3;4-7H,1H2,2-3H3;2*2-4H,1H3;;/q-2;-1;;;;+2/p+1. The van der Waals surface area contributed by atoms with E-state index in [2.05, 4.69) is 65.3 Å². The predicted octanol–water partition coefficient (Wildman–Crippen LogP) is 3.43. The minimum atomic E-state index is -1.17. The first-order valence-corrected chi connectivity index (χ1v) is 11.5. The van der Waals surface area contributed by atoms with Crippen molar-refractivity contribution in [3.05, 3.63) is 85.0 Å². The fourth-order valence-corrected chi connectivity index (χ4v) is 3.17. The Morgan fingerprint density at radius 2 is 1.10 bits per heavy atom. The topological polar surface area (TPSA) is 80.9 Å². The van der Waals surface area contributed by atoms with E-state index in [4.69, 9.17) is 20.4 Å². The van der Waals surface area contributed by atoms with Gasteiger partial charge in [-0.15, -0.1) is 32.0 Å². The number of aliphatic hydroxyl groups excluding tert-OH is 2. The van der Waals surface area contributed by atoms with Gasteiger partial charge in [-0.25, -0.2) is 18.1 Å². The predicted molar refractivity (Wildman–Crippen MR) is 123 cm³/mol. The van der Waals surface area contributed by atoms with Crippen LogP contribution in [0.3, 0.4) is 0 Å². The van der Waals surface area contributed by atoms with Crippen LogP contribution in [0.4, 0.5) is 0 Å². The van der Waals surface area contributed by atoms with Crippen molar-refractivity contribution < 1.29 is 61.3 Å². The van der Waals surface area contributed by atoms with Crippen LogP contribution < -0.4 is 5.30 Å². The van der Waals surface area contributed by atoms with E-state index in [0.29, 0.717) is 0 Å². The van der Waals surface area contributed by atoms with Crippen molar-refractivity contribution in [1.29, 1.82) is 0 Å². The Morgan fingerprint density at radius 3 is 1.33 bits per heavy atom. The van der Waals surface area contributed by atoms with Gasteiger partial charge in [0.2, 0.25) is 0 Å². The average molecular weight is 621 g/mol. The molecule has 0 aliphatic heterocycles. The molecule has 0 fully saturated rings. The van der Waals surface area contributed by atoms with Crippen molar-refractivity contribution in [2.24, 2.45) is 0 Å². The van der Waals surface area contributed by atoms with Crippen molar-refractivity contribution in [2.45, 2.75) is 40.3 Å². The molecule has 7 heteroatoms. The molecule has 0 saturated heterocycles. The Hall–Kier alpha value is -0.355. The molecule has 0 aliphatic carbocycles. The zero-order valence-corrected chi connectivity index (χ0v) is 22.7. The molecule has 0 amide bonds. The minimum absolute atomic E-state index is 0. The van der Waals surface area contributed by atoms with Crippen LogP contribution in [0.25, 0.3) is 0 Å². The first-order valence-electron chi connectivity index (χ1n) is 9.05. The SMILES string of the molecule is CC(O)O.CC(O)O.[CH2-]c1ccccc1[C-](C)C.[CH2-]c1ccccc1[PH+](C)C.[Pd+2].[Pd]. The second kappa shape index (κ2) is 21.9. The number of rotatable bonds is 2. The molecule has 0 saturated carbocycles. The molecule has 2 aromatic carbocycles. The van der Waals surface area contributed by atoms with Crippen LogP contribution in [0.2, 0.25) is 0 Å². The quantitative estimate of drug-likeness (QED) is 0.180. The van der Waals surface area contributed by atoms with Crippen LogP contribution in [0.1, 0.15) is 44.4 Å². The summed E-state index contributed by atoms with van der Waals surface area (Å²) in [6, 6.07) is 16.5. The van der Waals surface area contributed by atoms with Crippen LogP contribution >= 0.6 is 7.92 Å². The molecular weight excluding hydrogens is 584 g/mol. The maximum Gasteiger partial charge on any atom is 2.00 e.